The highest BCUT2D eigenvalue weighted by Crippen LogP contribution is 2.30. The van der Waals surface area contributed by atoms with Gasteiger partial charge in [0.1, 0.15) is 5.76 Å². The van der Waals surface area contributed by atoms with Crippen molar-refractivity contribution in [3.63, 3.8) is 0 Å². The topological polar surface area (TPSA) is 104 Å². The van der Waals surface area contributed by atoms with Crippen molar-refractivity contribution in [1.29, 1.82) is 0 Å². The van der Waals surface area contributed by atoms with E-state index in [0.29, 0.717) is 36.3 Å². The Morgan fingerprint density at radius 1 is 0.852 bits per heavy atom. The average molecular weight is 373 g/mol. The van der Waals surface area contributed by atoms with Gasteiger partial charge in [-0.15, -0.1) is 10.2 Å². The van der Waals surface area contributed by atoms with E-state index in [2.05, 4.69) is 39.3 Å². The first-order valence-electron chi connectivity index (χ1n) is 9.04. The van der Waals surface area contributed by atoms with Crippen LogP contribution in [0.15, 0.2) is 25.7 Å². The molecule has 3 rings (SSSR count). The number of hydrogen-bond acceptors (Lipinski definition) is 8. The summed E-state index contributed by atoms with van der Waals surface area (Å²) in [4.78, 5) is 4.60. The second-order valence-corrected chi connectivity index (χ2v) is 9.26. The molecule has 0 radical (unpaired) electrons. The zero-order valence-corrected chi connectivity index (χ0v) is 17.0. The van der Waals surface area contributed by atoms with Gasteiger partial charge in [-0.05, 0) is 0 Å². The van der Waals surface area contributed by atoms with Crippen molar-refractivity contribution in [1.82, 2.24) is 25.5 Å². The van der Waals surface area contributed by atoms with E-state index in [1.807, 2.05) is 40.7 Å². The fraction of sp³-hybridized carbons (Fsp3) is 0.632. The van der Waals surface area contributed by atoms with Gasteiger partial charge in [0, 0.05) is 29.7 Å². The summed E-state index contributed by atoms with van der Waals surface area (Å²) in [7, 11) is 0. The Kier molecular flexibility index (Phi) is 4.69. The normalized spacial score (nSPS) is 13.3. The molecule has 0 atom stereocenters. The Hall–Kier alpha value is -2.51. The van der Waals surface area contributed by atoms with Crippen molar-refractivity contribution in [2.75, 3.05) is 0 Å². The van der Waals surface area contributed by atoms with Crippen molar-refractivity contribution in [3.8, 4) is 0 Å². The standard InChI is InChI=1S/C19H27N5O3/c1-17(2,3)15-23-22-14(25-15)11-19(6,7)16-21-13(24-27-16)10-18(4,5)12-8-9-20-26-12/h8-9H,10-11H2,1-7H3. The van der Waals surface area contributed by atoms with E-state index < -0.39 is 5.41 Å². The lowest BCUT2D eigenvalue weighted by molar-refractivity contribution is 0.281. The van der Waals surface area contributed by atoms with Gasteiger partial charge >= 0.3 is 0 Å². The largest absolute Gasteiger partial charge is 0.425 e. The highest BCUT2D eigenvalue weighted by molar-refractivity contribution is 5.13. The summed E-state index contributed by atoms with van der Waals surface area (Å²) in [6, 6.07) is 1.85. The minimum absolute atomic E-state index is 0.181. The second kappa shape index (κ2) is 6.58. The Morgan fingerprint density at radius 2 is 1.59 bits per heavy atom. The van der Waals surface area contributed by atoms with Crippen LogP contribution < -0.4 is 0 Å². The molecule has 27 heavy (non-hydrogen) atoms. The summed E-state index contributed by atoms with van der Waals surface area (Å²) in [6.45, 7) is 14.3. The minimum atomic E-state index is -0.427. The molecule has 0 amide bonds. The quantitative estimate of drug-likeness (QED) is 0.643. The van der Waals surface area contributed by atoms with Gasteiger partial charge in [0.05, 0.1) is 11.6 Å². The van der Waals surface area contributed by atoms with Crippen LogP contribution in [0.4, 0.5) is 0 Å². The molecule has 0 N–H and O–H groups in total. The molecule has 0 saturated carbocycles. The van der Waals surface area contributed by atoms with E-state index in [4.69, 9.17) is 13.5 Å². The maximum absolute atomic E-state index is 5.81. The number of rotatable bonds is 6. The summed E-state index contributed by atoms with van der Waals surface area (Å²) in [5.74, 6) is 3.13. The third-order valence-electron chi connectivity index (χ3n) is 4.45. The molecule has 3 heterocycles. The van der Waals surface area contributed by atoms with Gasteiger partial charge in [-0.3, -0.25) is 0 Å². The zero-order chi connectivity index (χ0) is 19.9. The van der Waals surface area contributed by atoms with E-state index in [1.165, 1.54) is 0 Å². The molecule has 0 spiro atoms. The van der Waals surface area contributed by atoms with Crippen molar-refractivity contribution >= 4 is 0 Å². The average Bonchev–Trinajstić information content (AvgIpc) is 3.27. The van der Waals surface area contributed by atoms with E-state index in [-0.39, 0.29) is 10.8 Å². The summed E-state index contributed by atoms with van der Waals surface area (Å²) in [5, 5.41) is 16.2. The summed E-state index contributed by atoms with van der Waals surface area (Å²) >= 11 is 0. The van der Waals surface area contributed by atoms with Crippen molar-refractivity contribution in [3.05, 3.63) is 41.5 Å². The van der Waals surface area contributed by atoms with Crippen molar-refractivity contribution < 1.29 is 13.5 Å². The SMILES string of the molecule is CC(C)(C)c1nnc(CC(C)(C)c2nc(CC(C)(C)c3ccno3)no2)o1. The molecule has 8 nitrogen and oxygen atoms in total. The van der Waals surface area contributed by atoms with Crippen LogP contribution in [-0.2, 0) is 29.1 Å². The first-order valence-corrected chi connectivity index (χ1v) is 9.04. The Bertz CT molecular complexity index is 885. The summed E-state index contributed by atoms with van der Waals surface area (Å²) in [5.41, 5.74) is -0.890. The predicted octanol–water partition coefficient (Wildman–Crippen LogP) is 3.78. The van der Waals surface area contributed by atoms with Crippen LogP contribution in [-0.4, -0.2) is 25.5 Å². The Balaban J connectivity index is 1.73. The molecule has 146 valence electrons. The van der Waals surface area contributed by atoms with E-state index in [1.54, 1.807) is 6.20 Å². The summed E-state index contributed by atoms with van der Waals surface area (Å²) in [6.07, 6.45) is 2.73. The molecule has 3 aromatic heterocycles. The van der Waals surface area contributed by atoms with Crippen LogP contribution in [0.1, 0.15) is 77.7 Å². The van der Waals surface area contributed by atoms with E-state index in [9.17, 15) is 0 Å². The number of nitrogens with zero attached hydrogens (tertiary/aromatic N) is 5. The smallest absolute Gasteiger partial charge is 0.232 e. The maximum atomic E-state index is 5.81. The Morgan fingerprint density at radius 3 is 2.19 bits per heavy atom. The molecule has 0 bridgehead atoms. The van der Waals surface area contributed by atoms with Gasteiger partial charge in [-0.2, -0.15) is 4.98 Å². The van der Waals surface area contributed by atoms with Gasteiger partial charge in [0.2, 0.25) is 17.7 Å². The molecule has 3 aromatic rings. The molecule has 0 saturated heterocycles. The lowest BCUT2D eigenvalue weighted by Crippen LogP contribution is -2.23. The van der Waals surface area contributed by atoms with Crippen LogP contribution >= 0.6 is 0 Å². The van der Waals surface area contributed by atoms with Gasteiger partial charge in [0.15, 0.2) is 5.82 Å². The fourth-order valence-corrected chi connectivity index (χ4v) is 2.73. The van der Waals surface area contributed by atoms with Crippen LogP contribution in [0, 0.1) is 0 Å². The maximum Gasteiger partial charge on any atom is 0.232 e. The minimum Gasteiger partial charge on any atom is -0.425 e. The van der Waals surface area contributed by atoms with Crippen LogP contribution in [0.5, 0.6) is 0 Å². The molecule has 0 aliphatic carbocycles. The number of hydrogen-bond donors (Lipinski definition) is 0. The third-order valence-corrected chi connectivity index (χ3v) is 4.45. The van der Waals surface area contributed by atoms with Crippen LogP contribution in [0.3, 0.4) is 0 Å². The van der Waals surface area contributed by atoms with Gasteiger partial charge in [0.25, 0.3) is 0 Å². The van der Waals surface area contributed by atoms with Crippen LogP contribution in [0.2, 0.25) is 0 Å². The van der Waals surface area contributed by atoms with Gasteiger partial charge in [-0.25, -0.2) is 0 Å². The highest BCUT2D eigenvalue weighted by Gasteiger charge is 2.33. The lowest BCUT2D eigenvalue weighted by atomic mass is 9.86. The lowest BCUT2D eigenvalue weighted by Gasteiger charge is -2.19. The predicted molar refractivity (Wildman–Crippen MR) is 97.3 cm³/mol. The molecule has 8 heteroatoms. The molecule has 0 aliphatic rings. The van der Waals surface area contributed by atoms with Gasteiger partial charge in [-0.1, -0.05) is 58.8 Å². The second-order valence-electron chi connectivity index (χ2n) is 9.26. The highest BCUT2D eigenvalue weighted by atomic mass is 16.5. The van der Waals surface area contributed by atoms with Crippen molar-refractivity contribution in [2.24, 2.45) is 0 Å². The van der Waals surface area contributed by atoms with Crippen LogP contribution in [0.25, 0.3) is 0 Å². The monoisotopic (exact) mass is 373 g/mol. The molecular weight excluding hydrogens is 346 g/mol. The van der Waals surface area contributed by atoms with Gasteiger partial charge < -0.3 is 13.5 Å². The summed E-state index contributed by atoms with van der Waals surface area (Å²) < 4.78 is 16.6. The molecule has 0 aromatic carbocycles. The molecule has 0 unspecified atom stereocenters. The number of aromatic nitrogens is 5. The van der Waals surface area contributed by atoms with E-state index >= 15 is 0 Å². The van der Waals surface area contributed by atoms with E-state index in [0.717, 1.165) is 5.76 Å². The Labute approximate surface area is 158 Å². The molecule has 0 fully saturated rings. The first kappa shape index (κ1) is 19.3. The molecular formula is C19H27N5O3. The third kappa shape index (κ3) is 4.26. The fourth-order valence-electron chi connectivity index (χ4n) is 2.73. The zero-order valence-electron chi connectivity index (χ0n) is 17.0. The van der Waals surface area contributed by atoms with Crippen molar-refractivity contribution in [2.45, 2.75) is 77.6 Å². The first-order chi connectivity index (χ1) is 12.5. The molecule has 0 aliphatic heterocycles.